The summed E-state index contributed by atoms with van der Waals surface area (Å²) in [6.45, 7) is 12.5. The standard InChI is InChI=1S/C11H20O3.2C4H9O.Al/c1-3-4-5-6-7-8-14-11(13)9-10(2)12;2*1-3-4(2)5;/h9,12H,3-8H2,1-2H3;2*4H,3H2,1-2H3;/q;2*-1;+3/p-1/b10-9-;;;. The number of hydrogen-bond donors (Lipinski definition) is 0. The molecule has 0 aromatic carbocycles. The first kappa shape index (κ1) is 24.5. The van der Waals surface area contributed by atoms with Crippen molar-refractivity contribution in [3.63, 3.8) is 0 Å². The maximum Gasteiger partial charge on any atom is 1.00 e. The van der Waals surface area contributed by atoms with Gasteiger partial charge in [-0.3, -0.25) is 0 Å². The van der Waals surface area contributed by atoms with E-state index in [0.717, 1.165) is 25.7 Å². The molecule has 0 N–H and O–H groups in total. The van der Waals surface area contributed by atoms with E-state index in [1.165, 1.54) is 25.3 Å². The lowest BCUT2D eigenvalue weighted by molar-refractivity contribution is -0.138. The Hall–Kier alpha value is -0.538. The fraction of sp³-hybridized carbons (Fsp3) is 0.842. The highest BCUT2D eigenvalue weighted by molar-refractivity contribution is 6.37. The molecule has 0 heterocycles. The number of rotatable bonds is 15. The molecule has 0 saturated heterocycles. The van der Waals surface area contributed by atoms with Gasteiger partial charge in [-0.1, -0.05) is 46.5 Å². The minimum absolute atomic E-state index is 0.0728. The monoisotopic (exact) mass is 372 g/mol. The molecule has 0 aliphatic carbocycles. The van der Waals surface area contributed by atoms with Crippen LogP contribution in [0.3, 0.4) is 0 Å². The van der Waals surface area contributed by atoms with Crippen molar-refractivity contribution in [3.05, 3.63) is 11.8 Å². The van der Waals surface area contributed by atoms with Gasteiger partial charge in [-0.25, -0.2) is 4.79 Å². The van der Waals surface area contributed by atoms with Gasteiger partial charge in [0.1, 0.15) is 0 Å². The highest BCUT2D eigenvalue weighted by atomic mass is 27.3. The van der Waals surface area contributed by atoms with Crippen LogP contribution in [-0.4, -0.2) is 39.9 Å². The largest absolute Gasteiger partial charge is 1.00 e. The summed E-state index contributed by atoms with van der Waals surface area (Å²) in [5.41, 5.74) is 0. The van der Waals surface area contributed by atoms with E-state index in [1.54, 1.807) is 6.92 Å². The minimum Gasteiger partial charge on any atom is -0.602 e. The van der Waals surface area contributed by atoms with Crippen LogP contribution >= 0.6 is 0 Å². The molecule has 0 fully saturated rings. The first-order valence-electron chi connectivity index (χ1n) is 9.75. The quantitative estimate of drug-likeness (QED) is 0.133. The zero-order valence-electron chi connectivity index (χ0n) is 17.0. The lowest BCUT2D eigenvalue weighted by Crippen LogP contribution is -2.33. The van der Waals surface area contributed by atoms with Crippen molar-refractivity contribution >= 4 is 21.1 Å². The lowest BCUT2D eigenvalue weighted by Gasteiger charge is -2.21. The van der Waals surface area contributed by atoms with Crippen molar-refractivity contribution in [1.29, 1.82) is 0 Å². The van der Waals surface area contributed by atoms with E-state index in [2.05, 4.69) is 20.8 Å². The van der Waals surface area contributed by atoms with Crippen LogP contribution in [0.5, 0.6) is 0 Å². The summed E-state index contributed by atoms with van der Waals surface area (Å²) in [5, 5.41) is 0. The molecule has 0 bridgehead atoms. The van der Waals surface area contributed by atoms with Crippen LogP contribution in [0.25, 0.3) is 0 Å². The SMILES string of the molecule is CCCCCCCOC(=O)/C=C(/C)[O][Al]([O]C(C)CC)[O]C(C)CC. The van der Waals surface area contributed by atoms with Crippen molar-refractivity contribution < 1.29 is 20.9 Å². The second-order valence-electron chi connectivity index (χ2n) is 6.45. The van der Waals surface area contributed by atoms with Crippen LogP contribution in [0.15, 0.2) is 11.8 Å². The van der Waals surface area contributed by atoms with Gasteiger partial charge in [-0.2, -0.15) is 0 Å². The molecular formula is C19H37AlO5. The van der Waals surface area contributed by atoms with Gasteiger partial charge < -0.3 is 16.1 Å². The summed E-state index contributed by atoms with van der Waals surface area (Å²) in [6.07, 6.45) is 8.95. The fourth-order valence-corrected chi connectivity index (χ4v) is 3.62. The predicted molar refractivity (Wildman–Crippen MR) is 102 cm³/mol. The molecule has 5 nitrogen and oxygen atoms in total. The van der Waals surface area contributed by atoms with Gasteiger partial charge in [-0.05, 0) is 40.0 Å². The van der Waals surface area contributed by atoms with Crippen LogP contribution in [0.1, 0.15) is 86.5 Å². The summed E-state index contributed by atoms with van der Waals surface area (Å²) in [7, 11) is 0. The average Bonchev–Trinajstić information content (AvgIpc) is 2.57. The van der Waals surface area contributed by atoms with Gasteiger partial charge in [0.2, 0.25) is 0 Å². The summed E-state index contributed by atoms with van der Waals surface area (Å²) < 4.78 is 22.7. The molecule has 0 radical (unpaired) electrons. The number of unbranched alkanes of at least 4 members (excludes halogenated alkanes) is 4. The molecule has 0 saturated carbocycles. The molecule has 0 rings (SSSR count). The third-order valence-corrected chi connectivity index (χ3v) is 5.87. The Morgan fingerprint density at radius 2 is 1.52 bits per heavy atom. The lowest BCUT2D eigenvalue weighted by atomic mass is 10.2. The van der Waals surface area contributed by atoms with Crippen LogP contribution in [0, 0.1) is 0 Å². The van der Waals surface area contributed by atoms with Gasteiger partial charge >= 0.3 is 21.1 Å². The molecule has 0 amide bonds. The Bertz CT molecular complexity index is 361. The Morgan fingerprint density at radius 1 is 0.960 bits per heavy atom. The van der Waals surface area contributed by atoms with Crippen LogP contribution in [0.2, 0.25) is 0 Å². The average molecular weight is 372 g/mol. The van der Waals surface area contributed by atoms with E-state index in [4.69, 9.17) is 16.1 Å². The summed E-state index contributed by atoms with van der Waals surface area (Å²) >= 11 is -2.32. The molecule has 0 aliphatic rings. The number of ether oxygens (including phenoxy) is 1. The van der Waals surface area contributed by atoms with E-state index in [1.807, 2.05) is 13.8 Å². The molecule has 2 unspecified atom stereocenters. The second-order valence-corrected chi connectivity index (χ2v) is 7.81. The molecule has 0 aromatic rings. The third-order valence-electron chi connectivity index (χ3n) is 3.93. The van der Waals surface area contributed by atoms with Crippen molar-refractivity contribution in [2.75, 3.05) is 6.61 Å². The summed E-state index contributed by atoms with van der Waals surface area (Å²) in [4.78, 5) is 11.8. The number of allylic oxidation sites excluding steroid dienone is 1. The molecule has 25 heavy (non-hydrogen) atoms. The molecule has 0 aliphatic heterocycles. The van der Waals surface area contributed by atoms with Crippen molar-refractivity contribution in [3.8, 4) is 0 Å². The normalized spacial score (nSPS) is 14.1. The van der Waals surface area contributed by atoms with Crippen LogP contribution in [0.4, 0.5) is 0 Å². The first-order valence-corrected chi connectivity index (χ1v) is 11.2. The van der Waals surface area contributed by atoms with E-state index in [0.29, 0.717) is 12.4 Å². The number of esters is 1. The molecular weight excluding hydrogens is 335 g/mol. The Kier molecular flexibility index (Phi) is 15.4. The Balaban J connectivity index is 4.32. The van der Waals surface area contributed by atoms with Crippen molar-refractivity contribution in [2.45, 2.75) is 98.7 Å². The van der Waals surface area contributed by atoms with Crippen molar-refractivity contribution in [1.82, 2.24) is 0 Å². The smallest absolute Gasteiger partial charge is 0.602 e. The van der Waals surface area contributed by atoms with E-state index >= 15 is 0 Å². The topological polar surface area (TPSA) is 54.0 Å². The zero-order valence-corrected chi connectivity index (χ0v) is 18.2. The van der Waals surface area contributed by atoms with E-state index in [-0.39, 0.29) is 18.2 Å². The zero-order chi connectivity index (χ0) is 19.1. The summed E-state index contributed by atoms with van der Waals surface area (Å²) in [6, 6.07) is 0. The fourth-order valence-electron chi connectivity index (χ4n) is 1.93. The third kappa shape index (κ3) is 14.3. The molecule has 0 spiro atoms. The van der Waals surface area contributed by atoms with Gasteiger partial charge in [0.05, 0.1) is 18.4 Å². The maximum absolute atomic E-state index is 11.8. The molecule has 0 aromatic heterocycles. The number of hydrogen-bond acceptors (Lipinski definition) is 5. The van der Waals surface area contributed by atoms with Gasteiger partial charge in [0.25, 0.3) is 0 Å². The van der Waals surface area contributed by atoms with Crippen LogP contribution < -0.4 is 0 Å². The molecule has 6 heteroatoms. The molecule has 2 atom stereocenters. The number of carbonyl (C=O) groups is 1. The van der Waals surface area contributed by atoms with Gasteiger partial charge in [0.15, 0.2) is 0 Å². The Morgan fingerprint density at radius 3 is 2.04 bits per heavy atom. The highest BCUT2D eigenvalue weighted by Crippen LogP contribution is 2.11. The van der Waals surface area contributed by atoms with Crippen LogP contribution in [-0.2, 0) is 20.9 Å². The predicted octanol–water partition coefficient (Wildman–Crippen LogP) is 5.04. The Labute approximate surface area is 159 Å². The van der Waals surface area contributed by atoms with Crippen molar-refractivity contribution in [2.24, 2.45) is 0 Å². The summed E-state index contributed by atoms with van der Waals surface area (Å²) in [5.74, 6) is 0.118. The number of carbonyl (C=O) groups excluding carboxylic acids is 1. The molecule has 146 valence electrons. The minimum atomic E-state index is -2.32. The van der Waals surface area contributed by atoms with Gasteiger partial charge in [-0.15, -0.1) is 0 Å². The van der Waals surface area contributed by atoms with Gasteiger partial charge in [0, 0.05) is 12.2 Å². The van der Waals surface area contributed by atoms with E-state index in [9.17, 15) is 4.79 Å². The van der Waals surface area contributed by atoms with E-state index < -0.39 is 15.1 Å². The first-order chi connectivity index (χ1) is 11.9. The maximum atomic E-state index is 11.8. The second kappa shape index (κ2) is 15.7. The highest BCUT2D eigenvalue weighted by Gasteiger charge is 2.38.